The van der Waals surface area contributed by atoms with Crippen molar-refractivity contribution in [1.29, 1.82) is 0 Å². The number of carbonyl (C=O) groups is 1. The zero-order valence-corrected chi connectivity index (χ0v) is 11.6. The van der Waals surface area contributed by atoms with Gasteiger partial charge in [-0.15, -0.1) is 0 Å². The second-order valence-corrected chi connectivity index (χ2v) is 5.51. The minimum atomic E-state index is -0.746. The molecule has 0 radical (unpaired) electrons. The van der Waals surface area contributed by atoms with Crippen LogP contribution < -0.4 is 15.8 Å². The first-order valence-corrected chi connectivity index (χ1v) is 6.80. The number of para-hydroxylation sites is 1. The normalized spacial score (nSPS) is 18.1. The van der Waals surface area contributed by atoms with Crippen molar-refractivity contribution in [2.24, 2.45) is 11.7 Å². The summed E-state index contributed by atoms with van der Waals surface area (Å²) in [6.45, 7) is 4.32. The van der Waals surface area contributed by atoms with Gasteiger partial charge in [-0.05, 0) is 44.7 Å². The summed E-state index contributed by atoms with van der Waals surface area (Å²) in [4.78, 5) is 11.9. The van der Waals surface area contributed by atoms with Crippen LogP contribution in [0.1, 0.15) is 26.7 Å². The largest absolute Gasteiger partial charge is 0.491 e. The van der Waals surface area contributed by atoms with Crippen molar-refractivity contribution in [2.75, 3.05) is 6.61 Å². The highest BCUT2D eigenvalue weighted by atomic mass is 16.5. The molecule has 0 aromatic heterocycles. The molecule has 1 aliphatic rings. The molecular weight excluding hydrogens is 240 g/mol. The lowest BCUT2D eigenvalue weighted by molar-refractivity contribution is -0.127. The lowest BCUT2D eigenvalue weighted by Gasteiger charge is -2.33. The number of carbonyl (C=O) groups excluding carboxylic acids is 1. The minimum Gasteiger partial charge on any atom is -0.491 e. The van der Waals surface area contributed by atoms with Crippen molar-refractivity contribution in [1.82, 2.24) is 5.32 Å². The van der Waals surface area contributed by atoms with Gasteiger partial charge in [-0.25, -0.2) is 0 Å². The smallest absolute Gasteiger partial charge is 0.241 e. The zero-order chi connectivity index (χ0) is 13.9. The van der Waals surface area contributed by atoms with Gasteiger partial charge in [-0.3, -0.25) is 10.1 Å². The maximum absolute atomic E-state index is 11.9. The van der Waals surface area contributed by atoms with Gasteiger partial charge in [-0.2, -0.15) is 0 Å². The van der Waals surface area contributed by atoms with Crippen LogP contribution in [0.3, 0.4) is 0 Å². The van der Waals surface area contributed by atoms with E-state index in [0.717, 1.165) is 18.6 Å². The van der Waals surface area contributed by atoms with E-state index in [4.69, 9.17) is 10.5 Å². The molecule has 1 saturated carbocycles. The summed E-state index contributed by atoms with van der Waals surface area (Å²) in [6, 6.07) is 9.71. The van der Waals surface area contributed by atoms with E-state index in [2.05, 4.69) is 5.32 Å². The third kappa shape index (κ3) is 3.26. The van der Waals surface area contributed by atoms with Crippen molar-refractivity contribution in [3.63, 3.8) is 0 Å². The number of primary amides is 1. The fourth-order valence-electron chi connectivity index (χ4n) is 2.43. The molecule has 1 atom stereocenters. The molecule has 0 aliphatic heterocycles. The van der Waals surface area contributed by atoms with Gasteiger partial charge in [0, 0.05) is 6.04 Å². The average Bonchev–Trinajstić information content (AvgIpc) is 3.19. The monoisotopic (exact) mass is 262 g/mol. The molecule has 1 aliphatic carbocycles. The predicted octanol–water partition coefficient (Wildman–Crippen LogP) is 1.70. The molecule has 1 unspecified atom stereocenters. The number of benzene rings is 1. The van der Waals surface area contributed by atoms with E-state index in [9.17, 15) is 4.79 Å². The van der Waals surface area contributed by atoms with Crippen molar-refractivity contribution in [3.8, 4) is 5.75 Å². The molecule has 0 saturated heterocycles. The van der Waals surface area contributed by atoms with Crippen molar-refractivity contribution in [2.45, 2.75) is 38.3 Å². The Morgan fingerprint density at radius 1 is 1.42 bits per heavy atom. The lowest BCUT2D eigenvalue weighted by atomic mass is 9.92. The van der Waals surface area contributed by atoms with Gasteiger partial charge < -0.3 is 10.5 Å². The van der Waals surface area contributed by atoms with Crippen molar-refractivity contribution >= 4 is 5.91 Å². The second-order valence-electron chi connectivity index (χ2n) is 5.51. The maximum Gasteiger partial charge on any atom is 0.241 e. The van der Waals surface area contributed by atoms with Gasteiger partial charge in [-0.1, -0.05) is 18.2 Å². The van der Waals surface area contributed by atoms with Crippen LogP contribution in [-0.2, 0) is 4.79 Å². The van der Waals surface area contributed by atoms with Gasteiger partial charge >= 0.3 is 0 Å². The van der Waals surface area contributed by atoms with Gasteiger partial charge in [0.15, 0.2) is 0 Å². The third-order valence-corrected chi connectivity index (χ3v) is 3.47. The fraction of sp³-hybridized carbons (Fsp3) is 0.533. The number of nitrogens with one attached hydrogen (secondary N) is 1. The van der Waals surface area contributed by atoms with E-state index < -0.39 is 5.54 Å². The molecule has 2 rings (SSSR count). The molecule has 1 aromatic carbocycles. The first-order chi connectivity index (χ1) is 9.04. The highest BCUT2D eigenvalue weighted by Crippen LogP contribution is 2.40. The van der Waals surface area contributed by atoms with Crippen LogP contribution >= 0.6 is 0 Å². The molecule has 104 valence electrons. The van der Waals surface area contributed by atoms with E-state index in [1.165, 1.54) is 0 Å². The van der Waals surface area contributed by atoms with Gasteiger partial charge in [0.25, 0.3) is 0 Å². The van der Waals surface area contributed by atoms with Crippen LogP contribution in [0.15, 0.2) is 30.3 Å². The average molecular weight is 262 g/mol. The molecule has 4 nitrogen and oxygen atoms in total. The van der Waals surface area contributed by atoms with Gasteiger partial charge in [0.2, 0.25) is 5.91 Å². The van der Waals surface area contributed by atoms with Crippen LogP contribution in [0.5, 0.6) is 5.75 Å². The van der Waals surface area contributed by atoms with Crippen molar-refractivity contribution in [3.05, 3.63) is 30.3 Å². The fourth-order valence-corrected chi connectivity index (χ4v) is 2.43. The first kappa shape index (κ1) is 13.9. The molecular formula is C15H22N2O2. The Morgan fingerprint density at radius 2 is 2.05 bits per heavy atom. The summed E-state index contributed by atoms with van der Waals surface area (Å²) in [5.74, 6) is 0.732. The highest BCUT2D eigenvalue weighted by molar-refractivity contribution is 5.86. The standard InChI is InChI=1S/C15H22N2O2/c1-11(2)17-15(14(16)18,12-8-9-12)10-19-13-6-4-3-5-7-13/h3-7,11-12,17H,8-10H2,1-2H3,(H2,16,18). The number of amides is 1. The van der Waals surface area contributed by atoms with E-state index in [0.29, 0.717) is 0 Å². The molecule has 1 amide bonds. The molecule has 4 heteroatoms. The summed E-state index contributed by atoms with van der Waals surface area (Å²) < 4.78 is 5.77. The minimum absolute atomic E-state index is 0.187. The molecule has 0 spiro atoms. The van der Waals surface area contributed by atoms with E-state index in [-0.39, 0.29) is 24.5 Å². The quantitative estimate of drug-likeness (QED) is 0.786. The van der Waals surface area contributed by atoms with Crippen LogP contribution in [0, 0.1) is 5.92 Å². The van der Waals surface area contributed by atoms with E-state index >= 15 is 0 Å². The van der Waals surface area contributed by atoms with Gasteiger partial charge in [0.1, 0.15) is 17.9 Å². The van der Waals surface area contributed by atoms with Crippen molar-refractivity contribution < 1.29 is 9.53 Å². The Kier molecular flexibility index (Phi) is 4.10. The molecule has 19 heavy (non-hydrogen) atoms. The van der Waals surface area contributed by atoms with E-state index in [1.807, 2.05) is 44.2 Å². The number of hydrogen-bond donors (Lipinski definition) is 2. The van der Waals surface area contributed by atoms with Crippen LogP contribution in [0.2, 0.25) is 0 Å². The molecule has 1 aromatic rings. The third-order valence-electron chi connectivity index (χ3n) is 3.47. The predicted molar refractivity (Wildman–Crippen MR) is 74.9 cm³/mol. The summed E-state index contributed by atoms with van der Waals surface area (Å²) in [7, 11) is 0. The van der Waals surface area contributed by atoms with E-state index in [1.54, 1.807) is 0 Å². The Bertz CT molecular complexity index is 429. The zero-order valence-electron chi connectivity index (χ0n) is 11.6. The molecule has 0 heterocycles. The molecule has 0 bridgehead atoms. The number of rotatable bonds is 7. The SMILES string of the molecule is CC(C)NC(COc1ccccc1)(C(N)=O)C1CC1. The molecule has 1 fully saturated rings. The summed E-state index contributed by atoms with van der Waals surface area (Å²) >= 11 is 0. The second kappa shape index (κ2) is 5.61. The Balaban J connectivity index is 2.11. The molecule has 3 N–H and O–H groups in total. The number of ether oxygens (including phenoxy) is 1. The number of nitrogens with two attached hydrogens (primary N) is 1. The maximum atomic E-state index is 11.9. The Hall–Kier alpha value is -1.55. The first-order valence-electron chi connectivity index (χ1n) is 6.80. The Labute approximate surface area is 114 Å². The van der Waals surface area contributed by atoms with Gasteiger partial charge in [0.05, 0.1) is 0 Å². The Morgan fingerprint density at radius 3 is 2.53 bits per heavy atom. The number of hydrogen-bond acceptors (Lipinski definition) is 3. The summed E-state index contributed by atoms with van der Waals surface area (Å²) in [6.07, 6.45) is 2.06. The van der Waals surface area contributed by atoms with Crippen LogP contribution in [0.4, 0.5) is 0 Å². The lowest BCUT2D eigenvalue weighted by Crippen LogP contribution is -2.62. The van der Waals surface area contributed by atoms with Crippen LogP contribution in [-0.4, -0.2) is 24.1 Å². The summed E-state index contributed by atoms with van der Waals surface area (Å²) in [5, 5.41) is 3.33. The van der Waals surface area contributed by atoms with Crippen LogP contribution in [0.25, 0.3) is 0 Å². The summed E-state index contributed by atoms with van der Waals surface area (Å²) in [5.41, 5.74) is 4.90. The topological polar surface area (TPSA) is 64.3 Å². The highest BCUT2D eigenvalue weighted by Gasteiger charge is 2.50.